The lowest BCUT2D eigenvalue weighted by molar-refractivity contribution is 0.0697. The number of carbonyl (C=O) groups is 2. The maximum absolute atomic E-state index is 11.5. The number of H-pyrrole nitrogens is 1. The molecule has 0 unspecified atom stereocenters. The van der Waals surface area contributed by atoms with Gasteiger partial charge in [0.05, 0.1) is 5.69 Å². The standard InChI is InChI=1S/C7H6N6O3S/c1-2-3(7(15)16)6(17-11-2)8-5(14)4-9-12-13-10-4/h1H3,(H,8,14)(H,15,16)(H,9,10,12,13). The van der Waals surface area contributed by atoms with E-state index in [1.807, 2.05) is 0 Å². The van der Waals surface area contributed by atoms with Crippen LogP contribution in [0, 0.1) is 6.92 Å². The summed E-state index contributed by atoms with van der Waals surface area (Å²) in [7, 11) is 0. The summed E-state index contributed by atoms with van der Waals surface area (Å²) < 4.78 is 3.85. The summed E-state index contributed by atoms with van der Waals surface area (Å²) in [6, 6.07) is 0. The zero-order valence-corrected chi connectivity index (χ0v) is 9.28. The molecule has 0 aromatic carbocycles. The molecule has 0 aliphatic heterocycles. The molecule has 0 saturated carbocycles. The normalized spacial score (nSPS) is 10.2. The van der Waals surface area contributed by atoms with Crippen LogP contribution in [0.15, 0.2) is 0 Å². The van der Waals surface area contributed by atoms with Crippen molar-refractivity contribution in [3.8, 4) is 0 Å². The van der Waals surface area contributed by atoms with Crippen LogP contribution in [0.1, 0.15) is 26.7 Å². The van der Waals surface area contributed by atoms with Crippen LogP contribution in [0.2, 0.25) is 0 Å². The second-order valence-corrected chi connectivity index (χ2v) is 3.74. The second-order valence-electron chi connectivity index (χ2n) is 2.97. The molecule has 2 aromatic rings. The molecule has 3 N–H and O–H groups in total. The fourth-order valence-electron chi connectivity index (χ4n) is 1.12. The topological polar surface area (TPSA) is 134 Å². The van der Waals surface area contributed by atoms with Crippen LogP contribution in [0.5, 0.6) is 0 Å². The van der Waals surface area contributed by atoms with Crippen LogP contribution in [-0.2, 0) is 0 Å². The predicted molar refractivity (Wildman–Crippen MR) is 55.9 cm³/mol. The molecule has 2 heterocycles. The summed E-state index contributed by atoms with van der Waals surface area (Å²) in [5.41, 5.74) is 0.303. The van der Waals surface area contributed by atoms with Crippen LogP contribution >= 0.6 is 11.5 Å². The molecule has 0 bridgehead atoms. The molecule has 9 nitrogen and oxygen atoms in total. The van der Waals surface area contributed by atoms with Gasteiger partial charge in [0.25, 0.3) is 11.7 Å². The number of aromatic amines is 1. The first kappa shape index (κ1) is 11.1. The molecule has 0 atom stereocenters. The Labute approximate surface area is 98.0 Å². The fraction of sp³-hybridized carbons (Fsp3) is 0.143. The number of tetrazole rings is 1. The maximum atomic E-state index is 11.5. The molecular formula is C7H6N6O3S. The Bertz CT molecular complexity index is 562. The second kappa shape index (κ2) is 4.25. The van der Waals surface area contributed by atoms with E-state index in [9.17, 15) is 9.59 Å². The van der Waals surface area contributed by atoms with Gasteiger partial charge in [-0.1, -0.05) is 0 Å². The zero-order chi connectivity index (χ0) is 12.4. The van der Waals surface area contributed by atoms with E-state index >= 15 is 0 Å². The largest absolute Gasteiger partial charge is 0.478 e. The number of rotatable bonds is 3. The summed E-state index contributed by atoms with van der Waals surface area (Å²) >= 11 is 0.881. The van der Waals surface area contributed by atoms with Crippen molar-refractivity contribution >= 4 is 28.4 Å². The minimum absolute atomic E-state index is 0.0353. The third-order valence-electron chi connectivity index (χ3n) is 1.85. The monoisotopic (exact) mass is 254 g/mol. The van der Waals surface area contributed by atoms with Gasteiger partial charge in [0.1, 0.15) is 10.6 Å². The van der Waals surface area contributed by atoms with Gasteiger partial charge in [0, 0.05) is 0 Å². The first-order valence-corrected chi connectivity index (χ1v) is 5.11. The SMILES string of the molecule is Cc1nsc(NC(=O)c2nn[nH]n2)c1C(=O)O. The molecule has 0 aliphatic rings. The number of carboxylic acid groups (broad SMARTS) is 1. The summed E-state index contributed by atoms with van der Waals surface area (Å²) in [4.78, 5) is 22.5. The highest BCUT2D eigenvalue weighted by molar-refractivity contribution is 7.11. The number of anilines is 1. The average molecular weight is 254 g/mol. The maximum Gasteiger partial charge on any atom is 0.340 e. The van der Waals surface area contributed by atoms with E-state index in [2.05, 4.69) is 30.3 Å². The van der Waals surface area contributed by atoms with Gasteiger partial charge in [-0.3, -0.25) is 4.79 Å². The molecule has 0 radical (unpaired) electrons. The van der Waals surface area contributed by atoms with Gasteiger partial charge in [-0.25, -0.2) is 4.79 Å². The quantitative estimate of drug-likeness (QED) is 0.697. The van der Waals surface area contributed by atoms with E-state index in [1.165, 1.54) is 0 Å². The fourth-order valence-corrected chi connectivity index (χ4v) is 1.91. The van der Waals surface area contributed by atoms with E-state index in [1.54, 1.807) is 6.92 Å². The van der Waals surface area contributed by atoms with Crippen LogP contribution in [0.25, 0.3) is 0 Å². The average Bonchev–Trinajstić information content (AvgIpc) is 2.87. The Morgan fingerprint density at radius 3 is 2.82 bits per heavy atom. The van der Waals surface area contributed by atoms with E-state index in [0.717, 1.165) is 11.5 Å². The number of aromatic carboxylic acids is 1. The van der Waals surface area contributed by atoms with E-state index < -0.39 is 11.9 Å². The van der Waals surface area contributed by atoms with Crippen LogP contribution < -0.4 is 5.32 Å². The Kier molecular flexibility index (Phi) is 2.78. The highest BCUT2D eigenvalue weighted by Gasteiger charge is 2.21. The van der Waals surface area contributed by atoms with Gasteiger partial charge in [0.2, 0.25) is 0 Å². The molecular weight excluding hydrogens is 248 g/mol. The molecule has 0 aliphatic carbocycles. The number of hydrogen-bond donors (Lipinski definition) is 3. The molecule has 0 fully saturated rings. The van der Waals surface area contributed by atoms with Crippen molar-refractivity contribution in [2.24, 2.45) is 0 Å². The molecule has 2 rings (SSSR count). The van der Waals surface area contributed by atoms with Crippen molar-refractivity contribution in [1.29, 1.82) is 0 Å². The number of amides is 1. The van der Waals surface area contributed by atoms with Crippen molar-refractivity contribution in [3.63, 3.8) is 0 Å². The van der Waals surface area contributed by atoms with Crippen LogP contribution in [0.3, 0.4) is 0 Å². The summed E-state index contributed by atoms with van der Waals surface area (Å²) in [5, 5.41) is 23.7. The highest BCUT2D eigenvalue weighted by Crippen LogP contribution is 2.24. The number of aryl methyl sites for hydroxylation is 1. The number of carbonyl (C=O) groups excluding carboxylic acids is 1. The molecule has 2 aromatic heterocycles. The molecule has 17 heavy (non-hydrogen) atoms. The smallest absolute Gasteiger partial charge is 0.340 e. The van der Waals surface area contributed by atoms with Crippen molar-refractivity contribution in [2.75, 3.05) is 5.32 Å². The van der Waals surface area contributed by atoms with Crippen LogP contribution in [-0.4, -0.2) is 42.0 Å². The number of nitrogens with zero attached hydrogens (tertiary/aromatic N) is 4. The third kappa shape index (κ3) is 2.10. The van der Waals surface area contributed by atoms with Crippen LogP contribution in [0.4, 0.5) is 5.00 Å². The van der Waals surface area contributed by atoms with Crippen molar-refractivity contribution in [1.82, 2.24) is 25.0 Å². The van der Waals surface area contributed by atoms with Gasteiger partial charge in [-0.15, -0.1) is 10.2 Å². The lowest BCUT2D eigenvalue weighted by Crippen LogP contribution is -2.15. The first-order chi connectivity index (χ1) is 8.09. The van der Waals surface area contributed by atoms with Gasteiger partial charge < -0.3 is 10.4 Å². The van der Waals surface area contributed by atoms with E-state index in [4.69, 9.17) is 5.11 Å². The molecule has 88 valence electrons. The van der Waals surface area contributed by atoms with Gasteiger partial charge in [-0.05, 0) is 23.7 Å². The zero-order valence-electron chi connectivity index (χ0n) is 8.46. The Hall–Kier alpha value is -2.36. The van der Waals surface area contributed by atoms with E-state index in [-0.39, 0.29) is 16.4 Å². The summed E-state index contributed by atoms with van der Waals surface area (Å²) in [6.07, 6.45) is 0. The van der Waals surface area contributed by atoms with Gasteiger partial charge in [-0.2, -0.15) is 9.59 Å². The Morgan fingerprint density at radius 1 is 1.47 bits per heavy atom. The highest BCUT2D eigenvalue weighted by atomic mass is 32.1. The predicted octanol–water partition coefficient (Wildman–Crippen LogP) is -0.0849. The molecule has 0 saturated heterocycles. The summed E-state index contributed by atoms with van der Waals surface area (Å²) in [5.74, 6) is -1.98. The van der Waals surface area contributed by atoms with Crippen molar-refractivity contribution in [2.45, 2.75) is 6.92 Å². The number of nitrogens with one attached hydrogen (secondary N) is 2. The Morgan fingerprint density at radius 2 is 2.24 bits per heavy atom. The third-order valence-corrected chi connectivity index (χ3v) is 2.71. The minimum atomic E-state index is -1.15. The molecule has 10 heteroatoms. The molecule has 0 spiro atoms. The summed E-state index contributed by atoms with van der Waals surface area (Å²) in [6.45, 7) is 1.55. The number of hydrogen-bond acceptors (Lipinski definition) is 7. The number of aromatic nitrogens is 5. The molecule has 1 amide bonds. The van der Waals surface area contributed by atoms with E-state index in [0.29, 0.717) is 5.69 Å². The number of carboxylic acids is 1. The van der Waals surface area contributed by atoms with Crippen molar-refractivity contribution < 1.29 is 14.7 Å². The lowest BCUT2D eigenvalue weighted by atomic mass is 10.2. The first-order valence-electron chi connectivity index (χ1n) is 4.34. The van der Waals surface area contributed by atoms with Gasteiger partial charge in [0.15, 0.2) is 0 Å². The lowest BCUT2D eigenvalue weighted by Gasteiger charge is -1.99. The minimum Gasteiger partial charge on any atom is -0.478 e. The van der Waals surface area contributed by atoms with Gasteiger partial charge >= 0.3 is 5.97 Å². The van der Waals surface area contributed by atoms with Crippen molar-refractivity contribution in [3.05, 3.63) is 17.1 Å². The Balaban J connectivity index is 2.25.